The number of pyridine rings is 1. The van der Waals surface area contributed by atoms with E-state index in [1.807, 2.05) is 28.8 Å². The zero-order chi connectivity index (χ0) is 13.5. The lowest BCUT2D eigenvalue weighted by Crippen LogP contribution is -2.55. The molecule has 2 saturated heterocycles. The molecule has 0 aromatic carbocycles. The van der Waals surface area contributed by atoms with E-state index in [2.05, 4.69) is 10.3 Å². The van der Waals surface area contributed by atoms with Gasteiger partial charge in [-0.15, -0.1) is 0 Å². The largest absolute Gasteiger partial charge is 0.378 e. The Kier molecular flexibility index (Phi) is 2.82. The van der Waals surface area contributed by atoms with E-state index in [0.717, 1.165) is 18.5 Å². The van der Waals surface area contributed by atoms with Crippen LogP contribution in [-0.2, 0) is 4.74 Å². The van der Waals surface area contributed by atoms with Gasteiger partial charge in [-0.25, -0.2) is 4.98 Å². The number of nitrogens with zero attached hydrogens (tertiary/aromatic N) is 2. The van der Waals surface area contributed by atoms with E-state index in [1.165, 1.54) is 0 Å². The van der Waals surface area contributed by atoms with Gasteiger partial charge in [0.1, 0.15) is 11.3 Å². The van der Waals surface area contributed by atoms with Crippen molar-refractivity contribution >= 4 is 11.4 Å². The summed E-state index contributed by atoms with van der Waals surface area (Å²) in [6, 6.07) is 6.41. The molecule has 5 nitrogen and oxygen atoms in total. The van der Waals surface area contributed by atoms with Crippen molar-refractivity contribution in [1.29, 1.82) is 0 Å². The number of rotatable bonds is 2. The van der Waals surface area contributed by atoms with Crippen LogP contribution in [0.25, 0.3) is 5.65 Å². The van der Waals surface area contributed by atoms with Crippen LogP contribution in [0.5, 0.6) is 0 Å². The van der Waals surface area contributed by atoms with Gasteiger partial charge in [0.25, 0.3) is 0 Å². The first-order valence-corrected chi connectivity index (χ1v) is 7.11. The summed E-state index contributed by atoms with van der Waals surface area (Å²) < 4.78 is 7.42. The number of piperidine rings is 1. The van der Waals surface area contributed by atoms with E-state index >= 15 is 0 Å². The third kappa shape index (κ3) is 1.94. The molecule has 2 aliphatic heterocycles. The Balaban J connectivity index is 1.63. The standard InChI is InChI=1S/C15H17N3O2/c19-15(10-5-11-8-20-9-12(6-10)17-11)13-7-16-14-3-1-2-4-18(13)14/h1-4,7,10-12,17H,5-6,8-9H2. The fourth-order valence-corrected chi connectivity index (χ4v) is 3.38. The maximum absolute atomic E-state index is 12.8. The number of imidazole rings is 1. The molecule has 2 aromatic rings. The van der Waals surface area contributed by atoms with Crippen molar-refractivity contribution in [3.63, 3.8) is 0 Å². The minimum Gasteiger partial charge on any atom is -0.378 e. The number of carbonyl (C=O) groups is 1. The summed E-state index contributed by atoms with van der Waals surface area (Å²) in [7, 11) is 0. The van der Waals surface area contributed by atoms with Crippen molar-refractivity contribution in [3.05, 3.63) is 36.3 Å². The zero-order valence-electron chi connectivity index (χ0n) is 11.2. The topological polar surface area (TPSA) is 55.6 Å². The normalized spacial score (nSPS) is 29.5. The number of morpholine rings is 1. The Hall–Kier alpha value is -1.72. The molecule has 2 bridgehead atoms. The van der Waals surface area contributed by atoms with Gasteiger partial charge >= 0.3 is 0 Å². The summed E-state index contributed by atoms with van der Waals surface area (Å²) in [5, 5.41) is 3.52. The Labute approximate surface area is 117 Å². The lowest BCUT2D eigenvalue weighted by molar-refractivity contribution is 0.00941. The highest BCUT2D eigenvalue weighted by atomic mass is 16.5. The molecule has 4 rings (SSSR count). The average molecular weight is 271 g/mol. The molecule has 20 heavy (non-hydrogen) atoms. The molecule has 0 spiro atoms. The van der Waals surface area contributed by atoms with Crippen molar-refractivity contribution in [3.8, 4) is 0 Å². The van der Waals surface area contributed by atoms with E-state index in [0.29, 0.717) is 31.0 Å². The molecule has 2 unspecified atom stereocenters. The molecule has 2 aromatic heterocycles. The predicted octanol–water partition coefficient (Wildman–Crippen LogP) is 1.28. The Morgan fingerprint density at radius 2 is 2.10 bits per heavy atom. The van der Waals surface area contributed by atoms with Crippen molar-refractivity contribution in [2.75, 3.05) is 13.2 Å². The highest BCUT2D eigenvalue weighted by molar-refractivity contribution is 5.97. The molecule has 2 atom stereocenters. The number of hydrogen-bond donors (Lipinski definition) is 1. The van der Waals surface area contributed by atoms with Crippen molar-refractivity contribution in [2.24, 2.45) is 5.92 Å². The molecule has 4 heterocycles. The number of ether oxygens (including phenoxy) is 1. The van der Waals surface area contributed by atoms with E-state index in [9.17, 15) is 4.79 Å². The van der Waals surface area contributed by atoms with Gasteiger partial charge in [0.05, 0.1) is 19.4 Å². The zero-order valence-corrected chi connectivity index (χ0v) is 11.2. The summed E-state index contributed by atoms with van der Waals surface area (Å²) in [4.78, 5) is 17.1. The molecular weight excluding hydrogens is 254 g/mol. The first-order valence-electron chi connectivity index (χ1n) is 7.11. The van der Waals surface area contributed by atoms with E-state index in [1.54, 1.807) is 6.20 Å². The molecular formula is C15H17N3O2. The number of nitrogens with one attached hydrogen (secondary N) is 1. The van der Waals surface area contributed by atoms with E-state index in [4.69, 9.17) is 4.74 Å². The number of ketones is 1. The smallest absolute Gasteiger partial charge is 0.184 e. The monoisotopic (exact) mass is 271 g/mol. The second-order valence-electron chi connectivity index (χ2n) is 5.70. The van der Waals surface area contributed by atoms with Gasteiger partial charge in [-0.2, -0.15) is 0 Å². The summed E-state index contributed by atoms with van der Waals surface area (Å²) >= 11 is 0. The summed E-state index contributed by atoms with van der Waals surface area (Å²) in [6.07, 6.45) is 5.32. The highest BCUT2D eigenvalue weighted by Crippen LogP contribution is 2.27. The Morgan fingerprint density at radius 3 is 2.90 bits per heavy atom. The third-order valence-corrected chi connectivity index (χ3v) is 4.29. The van der Waals surface area contributed by atoms with Gasteiger partial charge in [0.15, 0.2) is 5.78 Å². The molecule has 104 valence electrons. The van der Waals surface area contributed by atoms with Crippen LogP contribution in [0.15, 0.2) is 30.6 Å². The average Bonchev–Trinajstić information content (AvgIpc) is 2.90. The van der Waals surface area contributed by atoms with Crippen molar-refractivity contribution < 1.29 is 9.53 Å². The first-order chi connectivity index (χ1) is 9.81. The van der Waals surface area contributed by atoms with E-state index in [-0.39, 0.29) is 11.7 Å². The second-order valence-corrected chi connectivity index (χ2v) is 5.70. The lowest BCUT2D eigenvalue weighted by atomic mass is 9.83. The Bertz CT molecular complexity index is 639. The molecule has 0 amide bonds. The van der Waals surface area contributed by atoms with Crippen LogP contribution in [-0.4, -0.2) is 40.5 Å². The number of Topliss-reactive ketones (excluding diaryl/α,β-unsaturated/α-hetero) is 1. The fourth-order valence-electron chi connectivity index (χ4n) is 3.38. The molecule has 0 radical (unpaired) electrons. The minimum absolute atomic E-state index is 0.0789. The van der Waals surface area contributed by atoms with Gasteiger partial charge in [-0.1, -0.05) is 6.07 Å². The highest BCUT2D eigenvalue weighted by Gasteiger charge is 2.36. The molecule has 2 fully saturated rings. The predicted molar refractivity (Wildman–Crippen MR) is 73.8 cm³/mol. The van der Waals surface area contributed by atoms with Gasteiger partial charge < -0.3 is 10.1 Å². The van der Waals surface area contributed by atoms with Crippen LogP contribution in [0.1, 0.15) is 23.3 Å². The van der Waals surface area contributed by atoms with Crippen molar-refractivity contribution in [2.45, 2.75) is 24.9 Å². The summed E-state index contributed by atoms with van der Waals surface area (Å²) in [5.41, 5.74) is 1.53. The third-order valence-electron chi connectivity index (χ3n) is 4.29. The molecule has 5 heteroatoms. The van der Waals surface area contributed by atoms with Gasteiger partial charge in [0.2, 0.25) is 0 Å². The number of fused-ring (bicyclic) bond motifs is 3. The maximum Gasteiger partial charge on any atom is 0.184 e. The molecule has 0 saturated carbocycles. The van der Waals surface area contributed by atoms with Crippen LogP contribution in [0.4, 0.5) is 0 Å². The van der Waals surface area contributed by atoms with Gasteiger partial charge in [-0.05, 0) is 25.0 Å². The number of hydrogen-bond acceptors (Lipinski definition) is 4. The SMILES string of the molecule is O=C(c1cnc2ccccn12)C1CC2COCC(C1)N2. The van der Waals surface area contributed by atoms with Gasteiger partial charge in [0, 0.05) is 24.2 Å². The fraction of sp³-hybridized carbons (Fsp3) is 0.467. The summed E-state index contributed by atoms with van der Waals surface area (Å²) in [6.45, 7) is 1.43. The minimum atomic E-state index is 0.0789. The van der Waals surface area contributed by atoms with Crippen molar-refractivity contribution in [1.82, 2.24) is 14.7 Å². The van der Waals surface area contributed by atoms with Gasteiger partial charge in [-0.3, -0.25) is 9.20 Å². The maximum atomic E-state index is 12.8. The van der Waals surface area contributed by atoms with E-state index < -0.39 is 0 Å². The van der Waals surface area contributed by atoms with Crippen LogP contribution < -0.4 is 5.32 Å². The van der Waals surface area contributed by atoms with Crippen LogP contribution in [0.2, 0.25) is 0 Å². The second kappa shape index (κ2) is 4.68. The lowest BCUT2D eigenvalue weighted by Gasteiger charge is -2.39. The quantitative estimate of drug-likeness (QED) is 0.836. The summed E-state index contributed by atoms with van der Waals surface area (Å²) in [5.74, 6) is 0.289. The molecule has 0 aliphatic carbocycles. The van der Waals surface area contributed by atoms with Crippen LogP contribution >= 0.6 is 0 Å². The van der Waals surface area contributed by atoms with Crippen LogP contribution in [0.3, 0.4) is 0 Å². The Morgan fingerprint density at radius 1 is 1.30 bits per heavy atom. The molecule has 2 aliphatic rings. The number of carbonyl (C=O) groups excluding carboxylic acids is 1. The number of aromatic nitrogens is 2. The first kappa shape index (κ1) is 12.1. The van der Waals surface area contributed by atoms with Crippen LogP contribution in [0, 0.1) is 5.92 Å². The molecule has 1 N–H and O–H groups in total.